The van der Waals surface area contributed by atoms with Crippen molar-refractivity contribution >= 4 is 17.3 Å². The van der Waals surface area contributed by atoms with Crippen molar-refractivity contribution in [1.29, 1.82) is 0 Å². The van der Waals surface area contributed by atoms with Crippen molar-refractivity contribution in [2.45, 2.75) is 6.54 Å². The van der Waals surface area contributed by atoms with E-state index in [1.807, 2.05) is 12.1 Å². The molecule has 0 atom stereocenters. The average Bonchev–Trinajstić information content (AvgIpc) is 3.14. The first kappa shape index (κ1) is 17.9. The first-order valence-electron chi connectivity index (χ1n) is 7.76. The Morgan fingerprint density at radius 3 is 2.35 bits per heavy atom. The number of hydrogen-bond donors (Lipinski definition) is 1. The Morgan fingerprint density at radius 1 is 1.00 bits per heavy atom. The molecule has 0 fully saturated rings. The highest BCUT2D eigenvalue weighted by Gasteiger charge is 2.14. The lowest BCUT2D eigenvalue weighted by Gasteiger charge is -2.14. The third-order valence-corrected chi connectivity index (χ3v) is 3.88. The van der Waals surface area contributed by atoms with Crippen molar-refractivity contribution in [3.8, 4) is 28.7 Å². The van der Waals surface area contributed by atoms with Gasteiger partial charge in [-0.3, -0.25) is 0 Å². The Labute approximate surface area is 155 Å². The fourth-order valence-corrected chi connectivity index (χ4v) is 2.61. The number of aromatic nitrogens is 2. The molecule has 0 aliphatic heterocycles. The number of ether oxygens (including phenoxy) is 3. The Bertz CT molecular complexity index is 873. The molecule has 8 heteroatoms. The maximum absolute atomic E-state index is 5.99. The summed E-state index contributed by atoms with van der Waals surface area (Å²) in [5.41, 5.74) is 1.53. The first-order valence-corrected chi connectivity index (χ1v) is 8.14. The number of hydrogen-bond acceptors (Lipinski definition) is 7. The molecule has 2 aromatic carbocycles. The van der Waals surface area contributed by atoms with E-state index in [4.69, 9.17) is 30.2 Å². The molecule has 26 heavy (non-hydrogen) atoms. The van der Waals surface area contributed by atoms with Crippen LogP contribution in [0.3, 0.4) is 0 Å². The second-order valence-corrected chi connectivity index (χ2v) is 5.72. The number of anilines is 1. The van der Waals surface area contributed by atoms with E-state index in [1.54, 1.807) is 45.6 Å². The van der Waals surface area contributed by atoms with Crippen molar-refractivity contribution in [2.75, 3.05) is 26.6 Å². The molecule has 0 radical (unpaired) electrons. The van der Waals surface area contributed by atoms with E-state index in [0.29, 0.717) is 40.6 Å². The van der Waals surface area contributed by atoms with Crippen LogP contribution in [0.2, 0.25) is 5.02 Å². The molecule has 7 nitrogen and oxygen atoms in total. The number of benzene rings is 2. The van der Waals surface area contributed by atoms with E-state index in [-0.39, 0.29) is 0 Å². The van der Waals surface area contributed by atoms with Crippen LogP contribution in [-0.4, -0.2) is 31.5 Å². The van der Waals surface area contributed by atoms with Crippen LogP contribution < -0.4 is 19.5 Å². The molecule has 1 heterocycles. The summed E-state index contributed by atoms with van der Waals surface area (Å²) in [5.74, 6) is 2.49. The van der Waals surface area contributed by atoms with Gasteiger partial charge >= 0.3 is 0 Å². The van der Waals surface area contributed by atoms with Crippen molar-refractivity contribution in [1.82, 2.24) is 10.2 Å². The monoisotopic (exact) mass is 375 g/mol. The van der Waals surface area contributed by atoms with Gasteiger partial charge in [0, 0.05) is 28.4 Å². The molecule has 0 aliphatic rings. The van der Waals surface area contributed by atoms with E-state index in [2.05, 4.69) is 15.5 Å². The predicted octanol–water partition coefficient (Wildman–Crippen LogP) is 4.03. The molecule has 0 aliphatic carbocycles. The summed E-state index contributed by atoms with van der Waals surface area (Å²) in [4.78, 5) is 0. The highest BCUT2D eigenvalue weighted by Crippen LogP contribution is 2.40. The molecule has 3 aromatic rings. The van der Waals surface area contributed by atoms with E-state index < -0.39 is 0 Å². The first-order chi connectivity index (χ1) is 12.6. The predicted molar refractivity (Wildman–Crippen MR) is 98.2 cm³/mol. The largest absolute Gasteiger partial charge is 0.493 e. The van der Waals surface area contributed by atoms with Crippen LogP contribution in [0.4, 0.5) is 5.69 Å². The fraction of sp³-hybridized carbons (Fsp3) is 0.222. The highest BCUT2D eigenvalue weighted by atomic mass is 35.5. The number of nitrogens with zero attached hydrogens (tertiary/aromatic N) is 2. The molecule has 1 N–H and O–H groups in total. The SMILES string of the molecule is COc1cc(NCc2nnc(-c3cccc(Cl)c3)o2)cc(OC)c1OC. The maximum atomic E-state index is 5.99. The van der Waals surface area contributed by atoms with Gasteiger partial charge < -0.3 is 23.9 Å². The number of methoxy groups -OCH3 is 3. The molecular weight excluding hydrogens is 358 g/mol. The fourth-order valence-electron chi connectivity index (χ4n) is 2.42. The molecule has 1 aromatic heterocycles. The summed E-state index contributed by atoms with van der Waals surface area (Å²) in [5, 5.41) is 11.9. The normalized spacial score (nSPS) is 10.5. The van der Waals surface area contributed by atoms with Crippen LogP contribution >= 0.6 is 11.6 Å². The maximum Gasteiger partial charge on any atom is 0.247 e. The summed E-state index contributed by atoms with van der Waals surface area (Å²) in [6.07, 6.45) is 0. The van der Waals surface area contributed by atoms with Gasteiger partial charge in [0.15, 0.2) is 11.5 Å². The summed E-state index contributed by atoms with van der Waals surface area (Å²) >= 11 is 5.99. The number of nitrogens with one attached hydrogen (secondary N) is 1. The van der Waals surface area contributed by atoms with E-state index in [0.717, 1.165) is 11.3 Å². The third-order valence-electron chi connectivity index (χ3n) is 3.65. The molecule has 3 rings (SSSR count). The molecule has 0 amide bonds. The van der Waals surface area contributed by atoms with Crippen molar-refractivity contribution < 1.29 is 18.6 Å². The molecule has 0 saturated heterocycles. The minimum atomic E-state index is 0.339. The smallest absolute Gasteiger partial charge is 0.247 e. The van der Waals surface area contributed by atoms with E-state index in [1.165, 1.54) is 0 Å². The van der Waals surface area contributed by atoms with E-state index in [9.17, 15) is 0 Å². The lowest BCUT2D eigenvalue weighted by molar-refractivity contribution is 0.324. The van der Waals surface area contributed by atoms with Gasteiger partial charge in [-0.25, -0.2) is 0 Å². The van der Waals surface area contributed by atoms with Crippen LogP contribution in [0.15, 0.2) is 40.8 Å². The Kier molecular flexibility index (Phi) is 5.48. The zero-order chi connectivity index (χ0) is 18.5. The Hall–Kier alpha value is -2.93. The van der Waals surface area contributed by atoms with Gasteiger partial charge in [-0.15, -0.1) is 10.2 Å². The zero-order valence-corrected chi connectivity index (χ0v) is 15.3. The second kappa shape index (κ2) is 7.97. The molecule has 0 bridgehead atoms. The third kappa shape index (κ3) is 3.83. The summed E-state index contributed by atoms with van der Waals surface area (Å²) in [6.45, 7) is 0.339. The zero-order valence-electron chi connectivity index (χ0n) is 14.6. The van der Waals surface area contributed by atoms with Gasteiger partial charge in [-0.1, -0.05) is 17.7 Å². The minimum Gasteiger partial charge on any atom is -0.493 e. The van der Waals surface area contributed by atoms with Gasteiger partial charge in [0.1, 0.15) is 0 Å². The van der Waals surface area contributed by atoms with Crippen molar-refractivity contribution in [3.63, 3.8) is 0 Å². The standard InChI is InChI=1S/C18H18ClN3O4/c1-23-14-8-13(9-15(24-2)17(14)25-3)20-10-16-21-22-18(26-16)11-5-4-6-12(19)7-11/h4-9,20H,10H2,1-3H3. The van der Waals surface area contributed by atoms with Gasteiger partial charge in [0.05, 0.1) is 27.9 Å². The van der Waals surface area contributed by atoms with Crippen molar-refractivity contribution in [2.24, 2.45) is 0 Å². The van der Waals surface area contributed by atoms with Crippen LogP contribution in [0.25, 0.3) is 11.5 Å². The Balaban J connectivity index is 1.75. The lowest BCUT2D eigenvalue weighted by Crippen LogP contribution is -2.02. The van der Waals surface area contributed by atoms with Crippen LogP contribution in [0.5, 0.6) is 17.2 Å². The van der Waals surface area contributed by atoms with Crippen molar-refractivity contribution in [3.05, 3.63) is 47.3 Å². The summed E-state index contributed by atoms with van der Waals surface area (Å²) in [6, 6.07) is 10.8. The van der Waals surface area contributed by atoms with Gasteiger partial charge in [0.25, 0.3) is 0 Å². The average molecular weight is 376 g/mol. The minimum absolute atomic E-state index is 0.339. The number of rotatable bonds is 7. The van der Waals surface area contributed by atoms with Crippen LogP contribution in [0.1, 0.15) is 5.89 Å². The van der Waals surface area contributed by atoms with E-state index >= 15 is 0 Å². The van der Waals surface area contributed by atoms with Gasteiger partial charge in [0.2, 0.25) is 17.5 Å². The summed E-state index contributed by atoms with van der Waals surface area (Å²) < 4.78 is 21.7. The molecular formula is C18H18ClN3O4. The molecule has 0 spiro atoms. The van der Waals surface area contributed by atoms with Crippen LogP contribution in [-0.2, 0) is 6.54 Å². The quantitative estimate of drug-likeness (QED) is 0.667. The number of halogens is 1. The molecule has 0 unspecified atom stereocenters. The van der Waals surface area contributed by atoms with Gasteiger partial charge in [-0.2, -0.15) is 0 Å². The topological polar surface area (TPSA) is 78.6 Å². The van der Waals surface area contributed by atoms with Crippen LogP contribution in [0, 0.1) is 0 Å². The lowest BCUT2D eigenvalue weighted by atomic mass is 10.2. The molecule has 0 saturated carbocycles. The second-order valence-electron chi connectivity index (χ2n) is 5.28. The Morgan fingerprint density at radius 2 is 1.73 bits per heavy atom. The highest BCUT2D eigenvalue weighted by molar-refractivity contribution is 6.30. The van der Waals surface area contributed by atoms with Gasteiger partial charge in [-0.05, 0) is 18.2 Å². The molecule has 136 valence electrons. The summed E-state index contributed by atoms with van der Waals surface area (Å²) in [7, 11) is 4.69.